The fraction of sp³-hybridized carbons (Fsp3) is 0. The molecule has 0 saturated heterocycles. The zero-order chi connectivity index (χ0) is 15.2. The van der Waals surface area contributed by atoms with Crippen LogP contribution in [0.3, 0.4) is 0 Å². The molecule has 0 aliphatic rings. The Kier molecular flexibility index (Phi) is 4.20. The van der Waals surface area contributed by atoms with Gasteiger partial charge in [-0.25, -0.2) is 4.79 Å². The quantitative estimate of drug-likeness (QED) is 0.416. The number of nitrogens with zero attached hydrogens (tertiary/aromatic N) is 4. The van der Waals surface area contributed by atoms with E-state index < -0.39 is 5.97 Å². The van der Waals surface area contributed by atoms with E-state index in [0.29, 0.717) is 11.3 Å². The molecule has 5 N–H and O–H groups in total. The van der Waals surface area contributed by atoms with Crippen LogP contribution in [0, 0.1) is 0 Å². The Morgan fingerprint density at radius 1 is 1.05 bits per heavy atom. The molecule has 0 aliphatic heterocycles. The van der Waals surface area contributed by atoms with Gasteiger partial charge in [0.2, 0.25) is 0 Å². The number of rotatable bonds is 4. The summed E-state index contributed by atoms with van der Waals surface area (Å²) < 4.78 is 0. The van der Waals surface area contributed by atoms with E-state index in [1.54, 1.807) is 24.5 Å². The Balaban J connectivity index is 2.19. The van der Waals surface area contributed by atoms with Crippen molar-refractivity contribution in [3.05, 3.63) is 59.7 Å². The van der Waals surface area contributed by atoms with Gasteiger partial charge in [0.15, 0.2) is 11.7 Å². The summed E-state index contributed by atoms with van der Waals surface area (Å²) in [5.74, 6) is -0.879. The second-order valence-corrected chi connectivity index (χ2v) is 3.95. The van der Waals surface area contributed by atoms with Crippen molar-refractivity contribution in [3.8, 4) is 0 Å². The average Bonchev–Trinajstić information content (AvgIpc) is 2.53. The van der Waals surface area contributed by atoms with E-state index in [2.05, 4.69) is 20.2 Å². The molecule has 2 heterocycles. The number of nitrogens with two attached hydrogens (primary N) is 2. The molecule has 0 bridgehead atoms. The van der Waals surface area contributed by atoms with Gasteiger partial charge in [-0.2, -0.15) is 0 Å². The van der Waals surface area contributed by atoms with Crippen LogP contribution in [0.25, 0.3) is 0 Å². The minimum Gasteiger partial charge on any atom is -0.478 e. The lowest BCUT2D eigenvalue weighted by Crippen LogP contribution is -2.17. The van der Waals surface area contributed by atoms with Crippen molar-refractivity contribution >= 4 is 17.6 Å². The van der Waals surface area contributed by atoms with Crippen molar-refractivity contribution in [2.75, 3.05) is 0 Å². The Labute approximate surface area is 119 Å². The van der Waals surface area contributed by atoms with E-state index in [9.17, 15) is 4.79 Å². The first-order valence-electron chi connectivity index (χ1n) is 5.84. The maximum absolute atomic E-state index is 10.7. The highest BCUT2D eigenvalue weighted by molar-refractivity contribution is 5.99. The number of aromatic nitrogens is 2. The number of carboxylic acid groups (broad SMARTS) is 1. The molecule has 0 amide bonds. The molecule has 0 aromatic carbocycles. The minimum atomic E-state index is -1.07. The molecule has 2 aromatic rings. The Hall–Kier alpha value is -3.29. The molecule has 0 radical (unpaired) electrons. The SMILES string of the molecule is N/C(=N\N=C(/N)c1ccc(C(=O)O)cn1)c1cccnc1. The molecule has 2 aromatic heterocycles. The van der Waals surface area contributed by atoms with E-state index in [0.717, 1.165) is 0 Å². The molecule has 0 aliphatic carbocycles. The third-order valence-corrected chi connectivity index (χ3v) is 2.50. The molecule has 0 unspecified atom stereocenters. The summed E-state index contributed by atoms with van der Waals surface area (Å²) in [4.78, 5) is 18.5. The van der Waals surface area contributed by atoms with Crippen LogP contribution in [-0.2, 0) is 0 Å². The van der Waals surface area contributed by atoms with Gasteiger partial charge in [-0.05, 0) is 24.3 Å². The number of hydrogen-bond acceptors (Lipinski definition) is 5. The monoisotopic (exact) mass is 284 g/mol. The molecule has 0 spiro atoms. The minimum absolute atomic E-state index is 0.0266. The lowest BCUT2D eigenvalue weighted by molar-refractivity contribution is 0.0696. The van der Waals surface area contributed by atoms with Crippen molar-refractivity contribution in [1.29, 1.82) is 0 Å². The molecule has 21 heavy (non-hydrogen) atoms. The number of pyridine rings is 2. The van der Waals surface area contributed by atoms with Gasteiger partial charge in [0, 0.05) is 24.2 Å². The Morgan fingerprint density at radius 2 is 1.81 bits per heavy atom. The van der Waals surface area contributed by atoms with Crippen LogP contribution in [0.2, 0.25) is 0 Å². The van der Waals surface area contributed by atoms with Gasteiger partial charge in [-0.15, -0.1) is 10.2 Å². The van der Waals surface area contributed by atoms with Gasteiger partial charge in [0.05, 0.1) is 5.56 Å². The zero-order valence-corrected chi connectivity index (χ0v) is 10.8. The average molecular weight is 284 g/mol. The van der Waals surface area contributed by atoms with Crippen molar-refractivity contribution in [1.82, 2.24) is 9.97 Å². The van der Waals surface area contributed by atoms with E-state index in [4.69, 9.17) is 16.6 Å². The van der Waals surface area contributed by atoms with Gasteiger partial charge in [0.1, 0.15) is 5.69 Å². The number of hydrogen-bond donors (Lipinski definition) is 3. The molecule has 0 atom stereocenters. The fourth-order valence-electron chi connectivity index (χ4n) is 1.40. The molecule has 8 nitrogen and oxygen atoms in total. The lowest BCUT2D eigenvalue weighted by Gasteiger charge is -2.00. The number of carboxylic acids is 1. The van der Waals surface area contributed by atoms with E-state index in [1.807, 2.05) is 0 Å². The molecule has 106 valence electrons. The number of carbonyl (C=O) groups is 1. The van der Waals surface area contributed by atoms with E-state index in [1.165, 1.54) is 18.3 Å². The molecule has 2 rings (SSSR count). The summed E-state index contributed by atoms with van der Waals surface area (Å²) in [5.41, 5.74) is 12.4. The van der Waals surface area contributed by atoms with Crippen LogP contribution in [0.15, 0.2) is 53.1 Å². The highest BCUT2D eigenvalue weighted by Gasteiger charge is 2.05. The second-order valence-electron chi connectivity index (χ2n) is 3.95. The van der Waals surface area contributed by atoms with Crippen LogP contribution >= 0.6 is 0 Å². The third kappa shape index (κ3) is 3.60. The number of amidine groups is 2. The predicted molar refractivity (Wildman–Crippen MR) is 76.9 cm³/mol. The molecule has 0 saturated carbocycles. The lowest BCUT2D eigenvalue weighted by atomic mass is 10.2. The van der Waals surface area contributed by atoms with Gasteiger partial charge in [-0.3, -0.25) is 9.97 Å². The Bertz CT molecular complexity index is 694. The fourth-order valence-corrected chi connectivity index (χ4v) is 1.40. The van der Waals surface area contributed by atoms with Crippen molar-refractivity contribution in [2.24, 2.45) is 21.7 Å². The van der Waals surface area contributed by atoms with Crippen LogP contribution < -0.4 is 11.5 Å². The topological polar surface area (TPSA) is 140 Å². The summed E-state index contributed by atoms with van der Waals surface area (Å²) >= 11 is 0. The molecule has 8 heteroatoms. The van der Waals surface area contributed by atoms with Crippen LogP contribution in [-0.4, -0.2) is 32.7 Å². The van der Waals surface area contributed by atoms with Gasteiger partial charge < -0.3 is 16.6 Å². The summed E-state index contributed by atoms with van der Waals surface area (Å²) in [5, 5.41) is 16.3. The van der Waals surface area contributed by atoms with Gasteiger partial charge in [0.25, 0.3) is 0 Å². The Morgan fingerprint density at radius 3 is 2.38 bits per heavy atom. The standard InChI is InChI=1S/C13H12N6O2/c14-11(8-2-1-5-16-6-8)18-19-12(15)10-4-3-9(7-17-10)13(20)21/h1-7H,(H2,14,18)(H2,15,19)(H,20,21). The molecular weight excluding hydrogens is 272 g/mol. The highest BCUT2D eigenvalue weighted by Crippen LogP contribution is 2.01. The summed E-state index contributed by atoms with van der Waals surface area (Å²) in [6.45, 7) is 0. The maximum atomic E-state index is 10.7. The van der Waals surface area contributed by atoms with Crippen LogP contribution in [0.1, 0.15) is 21.6 Å². The summed E-state index contributed by atoms with van der Waals surface area (Å²) in [6.07, 6.45) is 4.35. The number of aromatic carboxylic acids is 1. The van der Waals surface area contributed by atoms with Crippen molar-refractivity contribution in [3.63, 3.8) is 0 Å². The van der Waals surface area contributed by atoms with Gasteiger partial charge >= 0.3 is 5.97 Å². The molecular formula is C13H12N6O2. The first-order valence-corrected chi connectivity index (χ1v) is 5.84. The van der Waals surface area contributed by atoms with Crippen molar-refractivity contribution in [2.45, 2.75) is 0 Å². The third-order valence-electron chi connectivity index (χ3n) is 2.50. The molecule has 0 fully saturated rings. The first kappa shape index (κ1) is 14.1. The maximum Gasteiger partial charge on any atom is 0.337 e. The van der Waals surface area contributed by atoms with E-state index >= 15 is 0 Å². The van der Waals surface area contributed by atoms with Crippen LogP contribution in [0.4, 0.5) is 0 Å². The normalized spacial score (nSPS) is 12.2. The first-order chi connectivity index (χ1) is 10.1. The smallest absolute Gasteiger partial charge is 0.337 e. The second kappa shape index (κ2) is 6.24. The largest absolute Gasteiger partial charge is 0.478 e. The zero-order valence-electron chi connectivity index (χ0n) is 10.8. The highest BCUT2D eigenvalue weighted by atomic mass is 16.4. The summed E-state index contributed by atoms with van der Waals surface area (Å²) in [6, 6.07) is 6.27. The predicted octanol–water partition coefficient (Wildman–Crippen LogP) is 0.201. The summed E-state index contributed by atoms with van der Waals surface area (Å²) in [7, 11) is 0. The van der Waals surface area contributed by atoms with Gasteiger partial charge in [-0.1, -0.05) is 0 Å². The van der Waals surface area contributed by atoms with Crippen molar-refractivity contribution < 1.29 is 9.90 Å². The van der Waals surface area contributed by atoms with Crippen LogP contribution in [0.5, 0.6) is 0 Å². The van der Waals surface area contributed by atoms with E-state index in [-0.39, 0.29) is 17.2 Å².